The fourth-order valence-electron chi connectivity index (χ4n) is 3.61. The second-order valence-corrected chi connectivity index (χ2v) is 10.5. The van der Waals surface area contributed by atoms with Crippen LogP contribution in [-0.2, 0) is 9.31 Å². The van der Waals surface area contributed by atoms with Crippen LogP contribution in [0.2, 0.25) is 16.4 Å². The Morgan fingerprint density at radius 3 is 1.77 bits per heavy atom. The molecule has 2 aromatic rings. The Labute approximate surface area is 220 Å². The number of benzene rings is 2. The van der Waals surface area contributed by atoms with Gasteiger partial charge in [-0.3, -0.25) is 0 Å². The molecule has 7 heteroatoms. The zero-order valence-electron chi connectivity index (χ0n) is 21.1. The molecule has 4 nitrogen and oxygen atoms in total. The Hall–Kier alpha value is -1.92. The molecule has 2 aromatic carbocycles. The van der Waals surface area contributed by atoms with Crippen LogP contribution in [0, 0.1) is 0 Å². The Kier molecular flexibility index (Phi) is 10.2. The van der Waals surface area contributed by atoms with Crippen molar-refractivity contribution in [2.45, 2.75) is 64.5 Å². The van der Waals surface area contributed by atoms with Gasteiger partial charge in [-0.25, -0.2) is 0 Å². The molecule has 0 unspecified atom stereocenters. The van der Waals surface area contributed by atoms with Gasteiger partial charge in [-0.1, -0.05) is 47.0 Å². The number of rotatable bonds is 12. The first-order valence-electron chi connectivity index (χ1n) is 12.1. The maximum Gasteiger partial charge on any atom is 0.462 e. The highest BCUT2D eigenvalue weighted by Gasteiger charge is 2.50. The molecule has 188 valence electrons. The summed E-state index contributed by atoms with van der Waals surface area (Å²) in [6.07, 6.45) is 9.73. The van der Waals surface area contributed by atoms with Gasteiger partial charge in [0.05, 0.1) is 24.4 Å². The lowest BCUT2D eigenvalue weighted by Gasteiger charge is -2.32. The standard InChI is InChI=1S/C28H35BCl2O4/c1-27(2)28(3,4)35-29(34-27)21-22(10-8-20-33-26-17-13-24(31)14-18-26)9-6-5-7-19-32-25-15-11-23(30)12-16-25/h5-6,10-18H,7-9,19-21H2,1-4H3/b6-5-,22-10-. The van der Waals surface area contributed by atoms with Gasteiger partial charge in [-0.05, 0) is 95.5 Å². The summed E-state index contributed by atoms with van der Waals surface area (Å²) in [5, 5.41) is 1.41. The summed E-state index contributed by atoms with van der Waals surface area (Å²) in [4.78, 5) is 0. The van der Waals surface area contributed by atoms with Gasteiger partial charge in [0.25, 0.3) is 0 Å². The van der Waals surface area contributed by atoms with E-state index in [1.54, 1.807) is 0 Å². The van der Waals surface area contributed by atoms with Crippen molar-refractivity contribution in [3.63, 3.8) is 0 Å². The number of allylic oxidation sites excluding steroid dienone is 2. The quantitative estimate of drug-likeness (QED) is 0.162. The fraction of sp³-hybridized carbons (Fsp3) is 0.429. The van der Waals surface area contributed by atoms with Crippen LogP contribution in [0.25, 0.3) is 0 Å². The van der Waals surface area contributed by atoms with Crippen LogP contribution in [0.5, 0.6) is 11.5 Å². The molecule has 1 fully saturated rings. The van der Waals surface area contributed by atoms with E-state index in [1.165, 1.54) is 5.57 Å². The molecule has 35 heavy (non-hydrogen) atoms. The van der Waals surface area contributed by atoms with Gasteiger partial charge < -0.3 is 18.8 Å². The molecule has 3 rings (SSSR count). The predicted octanol–water partition coefficient (Wildman–Crippen LogP) is 8.20. The third-order valence-corrected chi connectivity index (χ3v) is 6.78. The van der Waals surface area contributed by atoms with Crippen LogP contribution < -0.4 is 9.47 Å². The molecule has 0 amide bonds. The lowest BCUT2D eigenvalue weighted by molar-refractivity contribution is 0.00578. The molecule has 0 N–H and O–H groups in total. The van der Waals surface area contributed by atoms with Crippen molar-refractivity contribution >= 4 is 30.3 Å². The molecule has 0 saturated carbocycles. The minimum atomic E-state index is -0.338. The lowest BCUT2D eigenvalue weighted by Crippen LogP contribution is -2.41. The molecular weight excluding hydrogens is 482 g/mol. The van der Waals surface area contributed by atoms with E-state index in [4.69, 9.17) is 42.0 Å². The van der Waals surface area contributed by atoms with Crippen LogP contribution in [0.15, 0.2) is 72.3 Å². The summed E-state index contributed by atoms with van der Waals surface area (Å²) in [6.45, 7) is 9.53. The number of halogens is 2. The smallest absolute Gasteiger partial charge is 0.462 e. The number of hydrogen-bond donors (Lipinski definition) is 0. The van der Waals surface area contributed by atoms with Crippen LogP contribution in [0.3, 0.4) is 0 Å². The van der Waals surface area contributed by atoms with Crippen LogP contribution in [0.4, 0.5) is 0 Å². The maximum atomic E-state index is 6.22. The summed E-state index contributed by atoms with van der Waals surface area (Å²) < 4.78 is 24.1. The molecule has 1 aliphatic rings. The maximum absolute atomic E-state index is 6.22. The minimum absolute atomic E-state index is 0.259. The second kappa shape index (κ2) is 12.9. The molecule has 1 saturated heterocycles. The highest BCUT2D eigenvalue weighted by molar-refractivity contribution is 6.46. The van der Waals surface area contributed by atoms with E-state index in [0.29, 0.717) is 23.3 Å². The van der Waals surface area contributed by atoms with Gasteiger partial charge in [0.2, 0.25) is 0 Å². The van der Waals surface area contributed by atoms with Gasteiger partial charge in [0.15, 0.2) is 0 Å². The molecular formula is C28H35BCl2O4. The Morgan fingerprint density at radius 2 is 1.26 bits per heavy atom. The molecule has 0 spiro atoms. The zero-order chi connectivity index (χ0) is 25.3. The number of hydrogen-bond acceptors (Lipinski definition) is 4. The van der Waals surface area contributed by atoms with E-state index in [9.17, 15) is 0 Å². The molecule has 0 atom stereocenters. The zero-order valence-corrected chi connectivity index (χ0v) is 22.6. The highest BCUT2D eigenvalue weighted by atomic mass is 35.5. The lowest BCUT2D eigenvalue weighted by atomic mass is 9.79. The van der Waals surface area contributed by atoms with Crippen molar-refractivity contribution < 1.29 is 18.8 Å². The normalized spacial score (nSPS) is 17.2. The van der Waals surface area contributed by atoms with Crippen molar-refractivity contribution in [2.75, 3.05) is 13.2 Å². The average Bonchev–Trinajstić information content (AvgIpc) is 3.01. The third-order valence-electron chi connectivity index (χ3n) is 6.28. The van der Waals surface area contributed by atoms with Gasteiger partial charge >= 0.3 is 7.12 Å². The summed E-state index contributed by atoms with van der Waals surface area (Å²) in [6, 6.07) is 14.8. The van der Waals surface area contributed by atoms with E-state index in [-0.39, 0.29) is 18.3 Å². The van der Waals surface area contributed by atoms with E-state index in [0.717, 1.165) is 37.1 Å². The second-order valence-electron chi connectivity index (χ2n) is 9.61. The van der Waals surface area contributed by atoms with Gasteiger partial charge in [0, 0.05) is 16.4 Å². The Balaban J connectivity index is 1.51. The molecule has 0 aromatic heterocycles. The Bertz CT molecular complexity index is 969. The molecule has 0 radical (unpaired) electrons. The summed E-state index contributed by atoms with van der Waals surface area (Å²) in [5.74, 6) is 1.64. The largest absolute Gasteiger partial charge is 0.493 e. The molecule has 0 bridgehead atoms. The van der Waals surface area contributed by atoms with Gasteiger partial charge in [-0.2, -0.15) is 0 Å². The van der Waals surface area contributed by atoms with Crippen LogP contribution >= 0.6 is 23.2 Å². The summed E-state index contributed by atoms with van der Waals surface area (Å²) >= 11 is 11.9. The summed E-state index contributed by atoms with van der Waals surface area (Å²) in [7, 11) is -0.259. The molecule has 0 aliphatic carbocycles. The van der Waals surface area contributed by atoms with Gasteiger partial charge in [0.1, 0.15) is 11.5 Å². The average molecular weight is 517 g/mol. The van der Waals surface area contributed by atoms with Crippen LogP contribution in [-0.4, -0.2) is 31.5 Å². The van der Waals surface area contributed by atoms with E-state index < -0.39 is 0 Å². The van der Waals surface area contributed by atoms with E-state index in [2.05, 4.69) is 45.9 Å². The van der Waals surface area contributed by atoms with E-state index >= 15 is 0 Å². The highest BCUT2D eigenvalue weighted by Crippen LogP contribution is 2.38. The van der Waals surface area contributed by atoms with Crippen molar-refractivity contribution in [3.8, 4) is 11.5 Å². The fourth-order valence-corrected chi connectivity index (χ4v) is 3.86. The van der Waals surface area contributed by atoms with Crippen molar-refractivity contribution in [3.05, 3.63) is 82.4 Å². The first kappa shape index (κ1) is 27.7. The molecule has 1 heterocycles. The monoisotopic (exact) mass is 516 g/mol. The minimum Gasteiger partial charge on any atom is -0.493 e. The number of ether oxygens (including phenoxy) is 2. The van der Waals surface area contributed by atoms with Crippen molar-refractivity contribution in [2.24, 2.45) is 0 Å². The topological polar surface area (TPSA) is 36.9 Å². The first-order valence-corrected chi connectivity index (χ1v) is 12.9. The predicted molar refractivity (Wildman–Crippen MR) is 146 cm³/mol. The SMILES string of the molecule is CC1(C)OB(C/C(=C\CCOc2ccc(Cl)cc2)C/C=C\CCOc2ccc(Cl)cc2)OC1(C)C. The third kappa shape index (κ3) is 8.91. The molecule has 1 aliphatic heterocycles. The van der Waals surface area contributed by atoms with Gasteiger partial charge in [-0.15, -0.1) is 0 Å². The van der Waals surface area contributed by atoms with E-state index in [1.807, 2.05) is 48.5 Å². The Morgan fingerprint density at radius 1 is 0.771 bits per heavy atom. The van der Waals surface area contributed by atoms with Crippen LogP contribution in [0.1, 0.15) is 47.0 Å². The van der Waals surface area contributed by atoms with Crippen molar-refractivity contribution in [1.29, 1.82) is 0 Å². The summed E-state index contributed by atoms with van der Waals surface area (Å²) in [5.41, 5.74) is 0.586. The van der Waals surface area contributed by atoms with Crippen molar-refractivity contribution in [1.82, 2.24) is 0 Å². The first-order chi connectivity index (χ1) is 16.6.